The standard InChI is InChI=1S/C18H21NO5S/c1-3-4-5-13-6-9-15(10-7-13)25(22,23)19-14-8-11-16(17(20)12-14)18(21)24-2/h6-12,19-20H,3-5H2,1-2H3. The van der Waals surface area contributed by atoms with E-state index in [9.17, 15) is 18.3 Å². The van der Waals surface area contributed by atoms with Crippen molar-refractivity contribution in [3.05, 3.63) is 53.6 Å². The maximum Gasteiger partial charge on any atom is 0.341 e. The second-order valence-corrected chi connectivity index (χ2v) is 7.26. The first-order valence-electron chi connectivity index (χ1n) is 7.90. The van der Waals surface area contributed by atoms with E-state index in [2.05, 4.69) is 16.4 Å². The molecular weight excluding hydrogens is 342 g/mol. The number of phenolic OH excluding ortho intramolecular Hbond substituents is 1. The first kappa shape index (κ1) is 18.8. The highest BCUT2D eigenvalue weighted by molar-refractivity contribution is 7.92. The number of ether oxygens (including phenoxy) is 1. The smallest absolute Gasteiger partial charge is 0.341 e. The summed E-state index contributed by atoms with van der Waals surface area (Å²) in [5, 5.41) is 9.84. The lowest BCUT2D eigenvalue weighted by atomic mass is 10.1. The van der Waals surface area contributed by atoms with Gasteiger partial charge in [0.05, 0.1) is 17.7 Å². The van der Waals surface area contributed by atoms with Gasteiger partial charge in [-0.15, -0.1) is 0 Å². The maximum absolute atomic E-state index is 12.4. The highest BCUT2D eigenvalue weighted by Crippen LogP contribution is 2.25. The number of carbonyl (C=O) groups is 1. The van der Waals surface area contributed by atoms with E-state index in [1.165, 1.54) is 25.3 Å². The first-order chi connectivity index (χ1) is 11.9. The Labute approximate surface area is 147 Å². The van der Waals surface area contributed by atoms with Crippen molar-refractivity contribution in [1.29, 1.82) is 0 Å². The van der Waals surface area contributed by atoms with E-state index >= 15 is 0 Å². The topological polar surface area (TPSA) is 92.7 Å². The van der Waals surface area contributed by atoms with Gasteiger partial charge in [0, 0.05) is 6.07 Å². The number of hydrogen-bond donors (Lipinski definition) is 2. The monoisotopic (exact) mass is 363 g/mol. The number of aryl methyl sites for hydroxylation is 1. The van der Waals surface area contributed by atoms with Crippen LogP contribution in [0.5, 0.6) is 5.75 Å². The molecule has 2 N–H and O–H groups in total. The number of methoxy groups -OCH3 is 1. The molecule has 6 nitrogen and oxygen atoms in total. The zero-order chi connectivity index (χ0) is 18.4. The van der Waals surface area contributed by atoms with E-state index in [4.69, 9.17) is 0 Å². The molecule has 0 aliphatic rings. The normalized spacial score (nSPS) is 11.1. The molecule has 2 aromatic rings. The Hall–Kier alpha value is -2.54. The highest BCUT2D eigenvalue weighted by atomic mass is 32.2. The van der Waals surface area contributed by atoms with Crippen LogP contribution in [0.2, 0.25) is 0 Å². The quantitative estimate of drug-likeness (QED) is 0.736. The summed E-state index contributed by atoms with van der Waals surface area (Å²) in [6.45, 7) is 2.10. The molecule has 2 rings (SSSR count). The zero-order valence-corrected chi connectivity index (χ0v) is 15.0. The van der Waals surface area contributed by atoms with Crippen LogP contribution in [0.3, 0.4) is 0 Å². The lowest BCUT2D eigenvalue weighted by Gasteiger charge is -2.10. The minimum absolute atomic E-state index is 0.0364. The molecule has 0 amide bonds. The summed E-state index contributed by atoms with van der Waals surface area (Å²) < 4.78 is 31.8. The number of phenols is 1. The molecule has 0 saturated carbocycles. The molecule has 0 aromatic heterocycles. The number of anilines is 1. The van der Waals surface area contributed by atoms with Crippen molar-refractivity contribution in [2.75, 3.05) is 11.8 Å². The number of nitrogens with one attached hydrogen (secondary N) is 1. The van der Waals surface area contributed by atoms with E-state index in [1.807, 2.05) is 0 Å². The third-order valence-electron chi connectivity index (χ3n) is 3.71. The number of benzene rings is 2. The second-order valence-electron chi connectivity index (χ2n) is 5.58. The van der Waals surface area contributed by atoms with Crippen LogP contribution in [-0.4, -0.2) is 26.6 Å². The highest BCUT2D eigenvalue weighted by Gasteiger charge is 2.17. The lowest BCUT2D eigenvalue weighted by molar-refractivity contribution is 0.0597. The lowest BCUT2D eigenvalue weighted by Crippen LogP contribution is -2.13. The minimum atomic E-state index is -3.78. The molecule has 0 saturated heterocycles. The Morgan fingerprint density at radius 1 is 1.16 bits per heavy atom. The molecule has 7 heteroatoms. The summed E-state index contributed by atoms with van der Waals surface area (Å²) >= 11 is 0. The molecule has 0 unspecified atom stereocenters. The van der Waals surface area contributed by atoms with Crippen molar-refractivity contribution in [3.63, 3.8) is 0 Å². The van der Waals surface area contributed by atoms with E-state index in [-0.39, 0.29) is 21.9 Å². The molecule has 0 fully saturated rings. The van der Waals surface area contributed by atoms with Gasteiger partial charge in [-0.1, -0.05) is 25.5 Å². The molecule has 0 atom stereocenters. The number of aromatic hydroxyl groups is 1. The van der Waals surface area contributed by atoms with Crippen LogP contribution >= 0.6 is 0 Å². The van der Waals surface area contributed by atoms with E-state index in [1.54, 1.807) is 24.3 Å². The maximum atomic E-state index is 12.4. The van der Waals surface area contributed by atoms with Gasteiger partial charge in [-0.05, 0) is 42.7 Å². The van der Waals surface area contributed by atoms with Crippen LogP contribution in [0.4, 0.5) is 5.69 Å². The Morgan fingerprint density at radius 2 is 1.84 bits per heavy atom. The van der Waals surface area contributed by atoms with Crippen molar-refractivity contribution in [1.82, 2.24) is 0 Å². The largest absolute Gasteiger partial charge is 0.507 e. The fourth-order valence-electron chi connectivity index (χ4n) is 2.31. The molecule has 134 valence electrons. The number of rotatable bonds is 7. The van der Waals surface area contributed by atoms with Gasteiger partial charge in [-0.2, -0.15) is 0 Å². The van der Waals surface area contributed by atoms with Gasteiger partial charge in [-0.3, -0.25) is 4.72 Å². The Bertz CT molecular complexity index is 844. The molecule has 25 heavy (non-hydrogen) atoms. The Kier molecular flexibility index (Phi) is 6.03. The van der Waals surface area contributed by atoms with Crippen LogP contribution in [0.15, 0.2) is 47.4 Å². The fourth-order valence-corrected chi connectivity index (χ4v) is 3.36. The van der Waals surface area contributed by atoms with Gasteiger partial charge in [-0.25, -0.2) is 13.2 Å². The molecular formula is C18H21NO5S. The number of esters is 1. The first-order valence-corrected chi connectivity index (χ1v) is 9.38. The molecule has 0 spiro atoms. The predicted octanol–water partition coefficient (Wildman–Crippen LogP) is 3.32. The summed E-state index contributed by atoms with van der Waals surface area (Å²) in [7, 11) is -2.59. The Morgan fingerprint density at radius 3 is 2.40 bits per heavy atom. The van der Waals surface area contributed by atoms with Crippen molar-refractivity contribution in [3.8, 4) is 5.75 Å². The van der Waals surface area contributed by atoms with Gasteiger partial charge >= 0.3 is 5.97 Å². The fraction of sp³-hybridized carbons (Fsp3) is 0.278. The van der Waals surface area contributed by atoms with Gasteiger partial charge in [0.25, 0.3) is 10.0 Å². The van der Waals surface area contributed by atoms with Gasteiger partial charge < -0.3 is 9.84 Å². The summed E-state index contributed by atoms with van der Waals surface area (Å²) in [4.78, 5) is 11.6. The van der Waals surface area contributed by atoms with Crippen molar-refractivity contribution in [2.24, 2.45) is 0 Å². The average Bonchev–Trinajstić information content (AvgIpc) is 2.59. The summed E-state index contributed by atoms with van der Waals surface area (Å²) in [5.74, 6) is -1.06. The van der Waals surface area contributed by atoms with Crippen LogP contribution in [-0.2, 0) is 21.2 Å². The molecule has 0 bridgehead atoms. The van der Waals surface area contributed by atoms with Crippen LogP contribution in [0, 0.1) is 0 Å². The van der Waals surface area contributed by atoms with Crippen LogP contribution in [0.1, 0.15) is 35.7 Å². The van der Waals surface area contributed by atoms with Crippen molar-refractivity contribution < 1.29 is 23.1 Å². The number of carbonyl (C=O) groups excluding carboxylic acids is 1. The minimum Gasteiger partial charge on any atom is -0.507 e. The van der Waals surface area contributed by atoms with Crippen molar-refractivity contribution in [2.45, 2.75) is 31.1 Å². The molecule has 0 aliphatic heterocycles. The average molecular weight is 363 g/mol. The second kappa shape index (κ2) is 8.02. The molecule has 2 aromatic carbocycles. The van der Waals surface area contributed by atoms with Crippen molar-refractivity contribution >= 4 is 21.7 Å². The van der Waals surface area contributed by atoms with E-state index in [0.717, 1.165) is 24.8 Å². The SMILES string of the molecule is CCCCc1ccc(S(=O)(=O)Nc2ccc(C(=O)OC)c(O)c2)cc1. The summed E-state index contributed by atoms with van der Waals surface area (Å²) in [6.07, 6.45) is 3.04. The third-order valence-corrected chi connectivity index (χ3v) is 5.11. The van der Waals surface area contributed by atoms with E-state index < -0.39 is 16.0 Å². The Balaban J connectivity index is 2.18. The van der Waals surface area contributed by atoms with Gasteiger partial charge in [0.15, 0.2) is 0 Å². The molecule has 0 heterocycles. The number of sulfonamides is 1. The number of hydrogen-bond acceptors (Lipinski definition) is 5. The van der Waals surface area contributed by atoms with E-state index in [0.29, 0.717) is 0 Å². The number of unbranched alkanes of at least 4 members (excludes halogenated alkanes) is 1. The summed E-state index contributed by atoms with van der Waals surface area (Å²) in [5.41, 5.74) is 1.20. The predicted molar refractivity (Wildman–Crippen MR) is 95.3 cm³/mol. The van der Waals surface area contributed by atoms with Crippen LogP contribution < -0.4 is 4.72 Å². The third kappa shape index (κ3) is 4.73. The molecule has 0 radical (unpaired) electrons. The van der Waals surface area contributed by atoms with Crippen LogP contribution in [0.25, 0.3) is 0 Å². The summed E-state index contributed by atoms with van der Waals surface area (Å²) in [6, 6.07) is 10.5. The van der Waals surface area contributed by atoms with Gasteiger partial charge in [0.2, 0.25) is 0 Å². The van der Waals surface area contributed by atoms with Gasteiger partial charge in [0.1, 0.15) is 11.3 Å². The zero-order valence-electron chi connectivity index (χ0n) is 14.2. The molecule has 0 aliphatic carbocycles.